The molecule has 166 valence electrons. The van der Waals surface area contributed by atoms with Gasteiger partial charge in [0.05, 0.1) is 23.3 Å². The van der Waals surface area contributed by atoms with Crippen molar-refractivity contribution in [1.82, 2.24) is 4.83 Å². The molecule has 1 N–H and O–H groups in total. The van der Waals surface area contributed by atoms with Gasteiger partial charge in [-0.3, -0.25) is 0 Å². The van der Waals surface area contributed by atoms with Crippen molar-refractivity contribution in [2.75, 3.05) is 6.61 Å². The van der Waals surface area contributed by atoms with Crippen LogP contribution >= 0.6 is 11.6 Å². The number of halogens is 1. The summed E-state index contributed by atoms with van der Waals surface area (Å²) in [5.41, 5.74) is 1.84. The second-order valence-corrected chi connectivity index (χ2v) is 8.80. The van der Waals surface area contributed by atoms with Crippen molar-refractivity contribution in [2.24, 2.45) is 5.10 Å². The van der Waals surface area contributed by atoms with E-state index in [9.17, 15) is 13.2 Å². The maximum atomic E-state index is 12.4. The standard InChI is InChI=1S/C23H21ClN2O5S/c1-3-30-22-14-17(15-25-26-32(28,29)20-11-4-16(2)5-12-20)6-13-21(22)31-23(27)18-7-9-19(24)10-8-18/h4-15,26H,3H2,1-2H3/b25-15-. The van der Waals surface area contributed by atoms with Crippen LogP contribution in [0.3, 0.4) is 0 Å². The first-order valence-electron chi connectivity index (χ1n) is 9.64. The average molecular weight is 473 g/mol. The van der Waals surface area contributed by atoms with Crippen LogP contribution in [0.2, 0.25) is 5.02 Å². The van der Waals surface area contributed by atoms with E-state index < -0.39 is 16.0 Å². The molecule has 0 aliphatic carbocycles. The van der Waals surface area contributed by atoms with Gasteiger partial charge in [0, 0.05) is 5.02 Å². The van der Waals surface area contributed by atoms with Gasteiger partial charge in [0.1, 0.15) is 0 Å². The second-order valence-electron chi connectivity index (χ2n) is 6.70. The van der Waals surface area contributed by atoms with Crippen LogP contribution in [0.4, 0.5) is 0 Å². The van der Waals surface area contributed by atoms with Crippen LogP contribution in [0.1, 0.15) is 28.4 Å². The molecular weight excluding hydrogens is 452 g/mol. The third kappa shape index (κ3) is 6.09. The predicted octanol–water partition coefficient (Wildman–Crippen LogP) is 4.58. The zero-order valence-corrected chi connectivity index (χ0v) is 19.0. The van der Waals surface area contributed by atoms with Crippen LogP contribution in [-0.2, 0) is 10.0 Å². The smallest absolute Gasteiger partial charge is 0.343 e. The molecule has 0 aromatic heterocycles. The molecule has 3 aromatic rings. The minimum Gasteiger partial charge on any atom is -0.490 e. The molecule has 32 heavy (non-hydrogen) atoms. The fourth-order valence-corrected chi connectivity index (χ4v) is 3.56. The topological polar surface area (TPSA) is 94.1 Å². The maximum absolute atomic E-state index is 12.4. The van der Waals surface area contributed by atoms with Crippen LogP contribution in [0.15, 0.2) is 76.7 Å². The van der Waals surface area contributed by atoms with E-state index in [1.807, 2.05) is 6.92 Å². The summed E-state index contributed by atoms with van der Waals surface area (Å²) in [5, 5.41) is 4.33. The summed E-state index contributed by atoms with van der Waals surface area (Å²) in [7, 11) is -3.78. The summed E-state index contributed by atoms with van der Waals surface area (Å²) in [5.74, 6) is -0.0146. The number of hydrazone groups is 1. The Bertz CT molecular complexity index is 1220. The molecule has 0 aliphatic rings. The van der Waals surface area contributed by atoms with E-state index in [1.165, 1.54) is 18.3 Å². The molecule has 9 heteroatoms. The Morgan fingerprint density at radius 2 is 1.72 bits per heavy atom. The van der Waals surface area contributed by atoms with Crippen molar-refractivity contribution < 1.29 is 22.7 Å². The molecule has 0 saturated carbocycles. The largest absolute Gasteiger partial charge is 0.490 e. The lowest BCUT2D eigenvalue weighted by molar-refractivity contribution is 0.0728. The number of benzene rings is 3. The first-order chi connectivity index (χ1) is 15.3. The lowest BCUT2D eigenvalue weighted by atomic mass is 10.2. The van der Waals surface area contributed by atoms with E-state index in [1.54, 1.807) is 61.5 Å². The minimum absolute atomic E-state index is 0.111. The summed E-state index contributed by atoms with van der Waals surface area (Å²) in [6.07, 6.45) is 1.33. The highest BCUT2D eigenvalue weighted by Gasteiger charge is 2.14. The van der Waals surface area contributed by atoms with Crippen LogP contribution in [0.25, 0.3) is 0 Å². The summed E-state index contributed by atoms with van der Waals surface area (Å²) in [4.78, 5) is 14.7. The molecule has 7 nitrogen and oxygen atoms in total. The Morgan fingerprint density at radius 3 is 2.38 bits per heavy atom. The molecule has 3 aromatic carbocycles. The molecule has 0 heterocycles. The Balaban J connectivity index is 1.74. The number of nitrogens with zero attached hydrogens (tertiary/aromatic N) is 1. The zero-order chi connectivity index (χ0) is 23.1. The number of aryl methyl sites for hydroxylation is 1. The van der Waals surface area contributed by atoms with Gasteiger partial charge in [-0.1, -0.05) is 29.3 Å². The molecule has 0 amide bonds. The SMILES string of the molecule is CCOc1cc(/C=N\NS(=O)(=O)c2ccc(C)cc2)ccc1OC(=O)c1ccc(Cl)cc1. The summed E-state index contributed by atoms with van der Waals surface area (Å²) >= 11 is 5.84. The van der Waals surface area contributed by atoms with Crippen molar-refractivity contribution in [3.63, 3.8) is 0 Å². The quantitative estimate of drug-likeness (QED) is 0.224. The van der Waals surface area contributed by atoms with Gasteiger partial charge in [-0.25, -0.2) is 9.63 Å². The van der Waals surface area contributed by atoms with Crippen molar-refractivity contribution in [2.45, 2.75) is 18.7 Å². The minimum atomic E-state index is -3.78. The van der Waals surface area contributed by atoms with E-state index in [0.29, 0.717) is 28.5 Å². The molecule has 0 atom stereocenters. The van der Waals surface area contributed by atoms with Crippen molar-refractivity contribution in [3.8, 4) is 11.5 Å². The number of carbonyl (C=O) groups is 1. The Hall–Kier alpha value is -3.36. The average Bonchev–Trinajstić information content (AvgIpc) is 2.76. The molecule has 0 spiro atoms. The zero-order valence-electron chi connectivity index (χ0n) is 17.4. The molecule has 0 fully saturated rings. The lowest BCUT2D eigenvalue weighted by Crippen LogP contribution is -2.18. The predicted molar refractivity (Wildman–Crippen MR) is 123 cm³/mol. The summed E-state index contributed by atoms with van der Waals surface area (Å²) in [6, 6.07) is 17.5. The Kier molecular flexibility index (Phi) is 7.50. The lowest BCUT2D eigenvalue weighted by Gasteiger charge is -2.11. The molecule has 0 radical (unpaired) electrons. The fourth-order valence-electron chi connectivity index (χ4n) is 2.64. The number of rotatable bonds is 8. The van der Waals surface area contributed by atoms with E-state index in [0.717, 1.165) is 5.56 Å². The highest BCUT2D eigenvalue weighted by molar-refractivity contribution is 7.89. The summed E-state index contributed by atoms with van der Waals surface area (Å²) < 4.78 is 35.6. The molecule has 3 rings (SSSR count). The highest BCUT2D eigenvalue weighted by atomic mass is 35.5. The number of sulfonamides is 1. The maximum Gasteiger partial charge on any atom is 0.343 e. The van der Waals surface area contributed by atoms with E-state index in [2.05, 4.69) is 9.93 Å². The van der Waals surface area contributed by atoms with Gasteiger partial charge in [0.25, 0.3) is 10.0 Å². The first-order valence-corrected chi connectivity index (χ1v) is 11.5. The van der Waals surface area contributed by atoms with Gasteiger partial charge in [-0.05, 0) is 74.0 Å². The first kappa shape index (κ1) is 23.3. The van der Waals surface area contributed by atoms with E-state index in [4.69, 9.17) is 21.1 Å². The third-order valence-electron chi connectivity index (χ3n) is 4.27. The van der Waals surface area contributed by atoms with Gasteiger partial charge in [0.2, 0.25) is 0 Å². The number of esters is 1. The fraction of sp³-hybridized carbons (Fsp3) is 0.130. The Morgan fingerprint density at radius 1 is 1.03 bits per heavy atom. The van der Waals surface area contributed by atoms with E-state index >= 15 is 0 Å². The number of carbonyl (C=O) groups excluding carboxylic acids is 1. The van der Waals surface area contributed by atoms with Crippen LogP contribution in [0, 0.1) is 6.92 Å². The highest BCUT2D eigenvalue weighted by Crippen LogP contribution is 2.29. The van der Waals surface area contributed by atoms with Crippen LogP contribution in [0.5, 0.6) is 11.5 Å². The molecule has 0 aliphatic heterocycles. The molecule has 0 unspecified atom stereocenters. The molecule has 0 saturated heterocycles. The number of hydrogen-bond donors (Lipinski definition) is 1. The van der Waals surface area contributed by atoms with Gasteiger partial charge in [-0.2, -0.15) is 13.5 Å². The van der Waals surface area contributed by atoms with Crippen molar-refractivity contribution in [1.29, 1.82) is 0 Å². The number of ether oxygens (including phenoxy) is 2. The monoisotopic (exact) mass is 472 g/mol. The summed E-state index contributed by atoms with van der Waals surface area (Å²) in [6.45, 7) is 4.00. The van der Waals surface area contributed by atoms with Crippen molar-refractivity contribution >= 4 is 33.8 Å². The van der Waals surface area contributed by atoms with Gasteiger partial charge >= 0.3 is 5.97 Å². The molecular formula is C23H21ClN2O5S. The van der Waals surface area contributed by atoms with Gasteiger partial charge < -0.3 is 9.47 Å². The molecule has 0 bridgehead atoms. The van der Waals surface area contributed by atoms with Gasteiger partial charge in [-0.15, -0.1) is 0 Å². The second kappa shape index (κ2) is 10.3. The van der Waals surface area contributed by atoms with E-state index in [-0.39, 0.29) is 10.6 Å². The van der Waals surface area contributed by atoms with Crippen molar-refractivity contribution in [3.05, 3.63) is 88.4 Å². The normalized spacial score (nSPS) is 11.3. The van der Waals surface area contributed by atoms with Crippen LogP contribution in [-0.4, -0.2) is 27.2 Å². The van der Waals surface area contributed by atoms with Gasteiger partial charge in [0.15, 0.2) is 11.5 Å². The number of hydrogen-bond acceptors (Lipinski definition) is 6. The number of nitrogens with one attached hydrogen (secondary N) is 1. The third-order valence-corrected chi connectivity index (χ3v) is 5.76. The van der Waals surface area contributed by atoms with Crippen LogP contribution < -0.4 is 14.3 Å². The Labute approximate surface area is 191 Å².